The Hall–Kier alpha value is -1.26. The summed E-state index contributed by atoms with van der Waals surface area (Å²) in [6.07, 6.45) is 1.78. The number of ether oxygens (including phenoxy) is 1. The fourth-order valence-corrected chi connectivity index (χ4v) is 1.28. The zero-order valence-corrected chi connectivity index (χ0v) is 11.1. The second kappa shape index (κ2) is 7.14. The first-order valence-electron chi connectivity index (χ1n) is 5.96. The van der Waals surface area contributed by atoms with Crippen LogP contribution in [-0.2, 0) is 9.53 Å². The molecule has 0 aromatic rings. The third-order valence-corrected chi connectivity index (χ3v) is 2.15. The van der Waals surface area contributed by atoms with Crippen LogP contribution >= 0.6 is 0 Å². The molecule has 2 N–H and O–H groups in total. The molecule has 0 radical (unpaired) electrons. The van der Waals surface area contributed by atoms with E-state index in [4.69, 9.17) is 9.84 Å². The van der Waals surface area contributed by atoms with Crippen molar-refractivity contribution in [1.29, 1.82) is 0 Å². The van der Waals surface area contributed by atoms with Gasteiger partial charge in [0.1, 0.15) is 5.60 Å². The molecule has 0 spiro atoms. The normalized spacial score (nSPS) is 12.9. The van der Waals surface area contributed by atoms with Crippen LogP contribution < -0.4 is 5.32 Å². The van der Waals surface area contributed by atoms with Gasteiger partial charge in [0.25, 0.3) is 0 Å². The lowest BCUT2D eigenvalue weighted by Gasteiger charge is -2.20. The molecular formula is C12H23NO4. The van der Waals surface area contributed by atoms with Gasteiger partial charge in [0.15, 0.2) is 0 Å². The van der Waals surface area contributed by atoms with Gasteiger partial charge >= 0.3 is 12.1 Å². The summed E-state index contributed by atoms with van der Waals surface area (Å²) in [7, 11) is 0. The number of amides is 1. The van der Waals surface area contributed by atoms with Gasteiger partial charge in [0.2, 0.25) is 0 Å². The predicted molar refractivity (Wildman–Crippen MR) is 64.9 cm³/mol. The van der Waals surface area contributed by atoms with Crippen molar-refractivity contribution in [2.75, 3.05) is 6.54 Å². The summed E-state index contributed by atoms with van der Waals surface area (Å²) in [5, 5.41) is 11.4. The van der Waals surface area contributed by atoms with Crippen molar-refractivity contribution in [2.24, 2.45) is 5.92 Å². The highest BCUT2D eigenvalue weighted by Crippen LogP contribution is 2.09. The molecule has 100 valence electrons. The number of alkyl carbamates (subject to hydrolysis) is 1. The highest BCUT2D eigenvalue weighted by Gasteiger charge is 2.20. The Morgan fingerprint density at radius 3 is 2.35 bits per heavy atom. The molecule has 1 amide bonds. The van der Waals surface area contributed by atoms with Crippen molar-refractivity contribution in [1.82, 2.24) is 5.32 Å². The molecule has 0 aromatic carbocycles. The highest BCUT2D eigenvalue weighted by molar-refractivity contribution is 5.72. The summed E-state index contributed by atoms with van der Waals surface area (Å²) in [6.45, 7) is 7.40. The number of carbonyl (C=O) groups is 2. The lowest BCUT2D eigenvalue weighted by Crippen LogP contribution is -2.37. The Balaban J connectivity index is 4.04. The minimum absolute atomic E-state index is 0.115. The van der Waals surface area contributed by atoms with E-state index in [-0.39, 0.29) is 6.54 Å². The van der Waals surface area contributed by atoms with Gasteiger partial charge in [0, 0.05) is 6.54 Å². The van der Waals surface area contributed by atoms with Crippen molar-refractivity contribution in [3.63, 3.8) is 0 Å². The summed E-state index contributed by atoms with van der Waals surface area (Å²) in [4.78, 5) is 22.2. The van der Waals surface area contributed by atoms with Crippen LogP contribution in [0.1, 0.15) is 47.0 Å². The van der Waals surface area contributed by atoms with E-state index in [9.17, 15) is 9.59 Å². The number of carbonyl (C=O) groups excluding carboxylic acids is 1. The second-order valence-corrected chi connectivity index (χ2v) is 5.06. The van der Waals surface area contributed by atoms with E-state index in [1.54, 1.807) is 20.8 Å². The molecule has 0 heterocycles. The number of carboxylic acid groups (broad SMARTS) is 1. The van der Waals surface area contributed by atoms with E-state index in [0.29, 0.717) is 6.42 Å². The minimum atomic E-state index is -0.880. The van der Waals surface area contributed by atoms with Gasteiger partial charge in [-0.2, -0.15) is 0 Å². The number of unbranched alkanes of at least 4 members (excludes halogenated alkanes) is 1. The number of hydrogen-bond acceptors (Lipinski definition) is 3. The van der Waals surface area contributed by atoms with Crippen LogP contribution in [0.4, 0.5) is 4.79 Å². The maximum absolute atomic E-state index is 11.3. The SMILES string of the molecule is CCCCC(CNC(=O)OC(C)(C)C)C(=O)O. The first-order valence-corrected chi connectivity index (χ1v) is 5.96. The van der Waals surface area contributed by atoms with Gasteiger partial charge in [-0.1, -0.05) is 19.8 Å². The zero-order valence-electron chi connectivity index (χ0n) is 11.1. The molecule has 0 aromatic heterocycles. The molecule has 1 atom stereocenters. The van der Waals surface area contributed by atoms with Crippen molar-refractivity contribution in [2.45, 2.75) is 52.6 Å². The van der Waals surface area contributed by atoms with Gasteiger partial charge in [0.05, 0.1) is 5.92 Å². The second-order valence-electron chi connectivity index (χ2n) is 5.06. The summed E-state index contributed by atoms with van der Waals surface area (Å²) in [6, 6.07) is 0. The molecule has 0 aliphatic heterocycles. The van der Waals surface area contributed by atoms with Crippen molar-refractivity contribution < 1.29 is 19.4 Å². The monoisotopic (exact) mass is 245 g/mol. The van der Waals surface area contributed by atoms with Crippen LogP contribution in [-0.4, -0.2) is 29.3 Å². The van der Waals surface area contributed by atoms with E-state index in [1.165, 1.54) is 0 Å². The van der Waals surface area contributed by atoms with Gasteiger partial charge in [-0.25, -0.2) is 4.79 Å². The lowest BCUT2D eigenvalue weighted by molar-refractivity contribution is -0.141. The van der Waals surface area contributed by atoms with E-state index in [2.05, 4.69) is 5.32 Å². The lowest BCUT2D eigenvalue weighted by atomic mass is 10.0. The Bertz CT molecular complexity index is 258. The zero-order chi connectivity index (χ0) is 13.5. The molecule has 17 heavy (non-hydrogen) atoms. The maximum atomic E-state index is 11.3. The molecule has 0 saturated heterocycles. The molecule has 5 nitrogen and oxygen atoms in total. The third-order valence-electron chi connectivity index (χ3n) is 2.15. The quantitative estimate of drug-likeness (QED) is 0.753. The molecule has 0 bridgehead atoms. The van der Waals surface area contributed by atoms with Crippen molar-refractivity contribution in [3.05, 3.63) is 0 Å². The topological polar surface area (TPSA) is 75.6 Å². The predicted octanol–water partition coefficient (Wildman–Crippen LogP) is 2.40. The summed E-state index contributed by atoms with van der Waals surface area (Å²) < 4.78 is 5.03. The van der Waals surface area contributed by atoms with Crippen LogP contribution in [0.15, 0.2) is 0 Å². The molecular weight excluding hydrogens is 222 g/mol. The van der Waals surface area contributed by atoms with Crippen molar-refractivity contribution >= 4 is 12.1 Å². The van der Waals surface area contributed by atoms with Crippen LogP contribution in [0, 0.1) is 5.92 Å². The first-order chi connectivity index (χ1) is 7.76. The highest BCUT2D eigenvalue weighted by atomic mass is 16.6. The number of rotatable bonds is 6. The van der Waals surface area contributed by atoms with E-state index in [0.717, 1.165) is 12.8 Å². The van der Waals surface area contributed by atoms with Crippen LogP contribution in [0.2, 0.25) is 0 Å². The molecule has 0 aliphatic carbocycles. The molecule has 0 saturated carbocycles. The summed E-state index contributed by atoms with van der Waals surface area (Å²) in [5.74, 6) is -1.42. The van der Waals surface area contributed by atoms with Crippen LogP contribution in [0.5, 0.6) is 0 Å². The smallest absolute Gasteiger partial charge is 0.407 e. The average Bonchev–Trinajstić information content (AvgIpc) is 2.14. The fourth-order valence-electron chi connectivity index (χ4n) is 1.28. The van der Waals surface area contributed by atoms with Gasteiger partial charge in [-0.15, -0.1) is 0 Å². The Labute approximate surface area is 103 Å². The van der Waals surface area contributed by atoms with Gasteiger partial charge in [-0.3, -0.25) is 4.79 Å². The number of nitrogens with one attached hydrogen (secondary N) is 1. The Morgan fingerprint density at radius 1 is 1.35 bits per heavy atom. The Morgan fingerprint density at radius 2 is 1.94 bits per heavy atom. The largest absolute Gasteiger partial charge is 0.481 e. The number of hydrogen-bond donors (Lipinski definition) is 2. The maximum Gasteiger partial charge on any atom is 0.407 e. The molecule has 0 fully saturated rings. The first kappa shape index (κ1) is 15.7. The van der Waals surface area contributed by atoms with E-state index >= 15 is 0 Å². The summed E-state index contributed by atoms with van der Waals surface area (Å²) >= 11 is 0. The minimum Gasteiger partial charge on any atom is -0.481 e. The average molecular weight is 245 g/mol. The number of aliphatic carboxylic acids is 1. The fraction of sp³-hybridized carbons (Fsp3) is 0.833. The van der Waals surface area contributed by atoms with Crippen molar-refractivity contribution in [3.8, 4) is 0 Å². The molecule has 0 aliphatic rings. The molecule has 5 heteroatoms. The van der Waals surface area contributed by atoms with E-state index < -0.39 is 23.6 Å². The standard InChI is InChI=1S/C12H23NO4/c1-5-6-7-9(10(14)15)8-13-11(16)17-12(2,3)4/h9H,5-8H2,1-4H3,(H,13,16)(H,14,15). The number of carboxylic acids is 1. The van der Waals surface area contributed by atoms with E-state index in [1.807, 2.05) is 6.92 Å². The van der Waals surface area contributed by atoms with Gasteiger partial charge < -0.3 is 15.2 Å². The van der Waals surface area contributed by atoms with Gasteiger partial charge in [-0.05, 0) is 27.2 Å². The van der Waals surface area contributed by atoms with Crippen LogP contribution in [0.25, 0.3) is 0 Å². The molecule has 0 rings (SSSR count). The Kier molecular flexibility index (Phi) is 6.61. The van der Waals surface area contributed by atoms with Crippen LogP contribution in [0.3, 0.4) is 0 Å². The third kappa shape index (κ3) is 8.54. The summed E-state index contributed by atoms with van der Waals surface area (Å²) in [5.41, 5.74) is -0.563. The molecule has 1 unspecified atom stereocenters.